The van der Waals surface area contributed by atoms with Crippen molar-refractivity contribution in [1.82, 2.24) is 9.97 Å². The Kier molecular flexibility index (Phi) is 2.76. The predicted molar refractivity (Wildman–Crippen MR) is 54.9 cm³/mol. The molecule has 2 rings (SSSR count). The maximum Gasteiger partial charge on any atom is 0.153 e. The molecule has 1 aromatic heterocycles. The van der Waals surface area contributed by atoms with Gasteiger partial charge in [0.1, 0.15) is 11.3 Å². The SMILES string of the molecule is O[C@@H]1CCN(c2ncnc(Cl)c2Cl)C1. The molecule has 76 valence electrons. The predicted octanol–water partition coefficient (Wildman–Crippen LogP) is 1.35. The van der Waals surface area contributed by atoms with Crippen LogP contribution in [-0.4, -0.2) is 34.3 Å². The number of nitrogens with zero attached hydrogens (tertiary/aromatic N) is 3. The molecule has 2 heterocycles. The van der Waals surface area contributed by atoms with E-state index < -0.39 is 0 Å². The Labute approximate surface area is 91.5 Å². The number of aliphatic hydroxyl groups excluding tert-OH is 1. The Bertz CT molecular complexity index is 347. The molecule has 1 aliphatic rings. The fourth-order valence-electron chi connectivity index (χ4n) is 1.49. The quantitative estimate of drug-likeness (QED) is 0.745. The zero-order valence-electron chi connectivity index (χ0n) is 7.32. The van der Waals surface area contributed by atoms with Crippen molar-refractivity contribution in [2.75, 3.05) is 18.0 Å². The summed E-state index contributed by atoms with van der Waals surface area (Å²) in [5.74, 6) is 0.600. The van der Waals surface area contributed by atoms with Crippen molar-refractivity contribution >= 4 is 29.0 Å². The maximum absolute atomic E-state index is 9.36. The number of β-amino-alcohol motifs (C(OH)–C–C–N with tert-alkyl or cyclic N) is 1. The van der Waals surface area contributed by atoms with Gasteiger partial charge in [-0.15, -0.1) is 0 Å². The van der Waals surface area contributed by atoms with Crippen molar-refractivity contribution in [2.45, 2.75) is 12.5 Å². The van der Waals surface area contributed by atoms with E-state index in [9.17, 15) is 5.11 Å². The maximum atomic E-state index is 9.36. The minimum absolute atomic E-state index is 0.248. The molecule has 1 saturated heterocycles. The Morgan fingerprint density at radius 2 is 2.21 bits per heavy atom. The first-order valence-corrected chi connectivity index (χ1v) is 5.03. The average Bonchev–Trinajstić information content (AvgIpc) is 2.57. The summed E-state index contributed by atoms with van der Waals surface area (Å²) in [6.45, 7) is 1.29. The van der Waals surface area contributed by atoms with Gasteiger partial charge in [0, 0.05) is 13.1 Å². The summed E-state index contributed by atoms with van der Waals surface area (Å²) in [6, 6.07) is 0. The number of aromatic nitrogens is 2. The largest absolute Gasteiger partial charge is 0.391 e. The normalized spacial score (nSPS) is 21.6. The van der Waals surface area contributed by atoms with E-state index in [4.69, 9.17) is 23.2 Å². The van der Waals surface area contributed by atoms with Crippen molar-refractivity contribution in [3.05, 3.63) is 16.5 Å². The van der Waals surface area contributed by atoms with Gasteiger partial charge in [0.15, 0.2) is 11.0 Å². The lowest BCUT2D eigenvalue weighted by atomic mass is 10.3. The van der Waals surface area contributed by atoms with Crippen molar-refractivity contribution in [2.24, 2.45) is 0 Å². The second kappa shape index (κ2) is 3.88. The van der Waals surface area contributed by atoms with Crippen LogP contribution in [0.2, 0.25) is 10.2 Å². The van der Waals surface area contributed by atoms with Gasteiger partial charge in [-0.25, -0.2) is 9.97 Å². The average molecular weight is 234 g/mol. The van der Waals surface area contributed by atoms with E-state index in [0.29, 0.717) is 17.4 Å². The molecule has 1 fully saturated rings. The summed E-state index contributed by atoms with van der Waals surface area (Å²) in [7, 11) is 0. The van der Waals surface area contributed by atoms with Gasteiger partial charge in [0.25, 0.3) is 0 Å². The van der Waals surface area contributed by atoms with Crippen LogP contribution in [-0.2, 0) is 0 Å². The minimum Gasteiger partial charge on any atom is -0.391 e. The van der Waals surface area contributed by atoms with E-state index in [2.05, 4.69) is 9.97 Å². The van der Waals surface area contributed by atoms with Crippen LogP contribution in [0.1, 0.15) is 6.42 Å². The summed E-state index contributed by atoms with van der Waals surface area (Å²) in [5.41, 5.74) is 0. The van der Waals surface area contributed by atoms with Crippen LogP contribution in [0.15, 0.2) is 6.33 Å². The molecule has 0 unspecified atom stereocenters. The lowest BCUT2D eigenvalue weighted by Crippen LogP contribution is -2.22. The fraction of sp³-hybridized carbons (Fsp3) is 0.500. The fourth-order valence-corrected chi connectivity index (χ4v) is 1.84. The Hall–Kier alpha value is -0.580. The minimum atomic E-state index is -0.306. The molecule has 1 N–H and O–H groups in total. The molecule has 0 aliphatic carbocycles. The summed E-state index contributed by atoms with van der Waals surface area (Å²) < 4.78 is 0. The van der Waals surface area contributed by atoms with Crippen molar-refractivity contribution in [3.63, 3.8) is 0 Å². The molecule has 0 saturated carbocycles. The number of aliphatic hydroxyl groups is 1. The first-order valence-electron chi connectivity index (χ1n) is 4.27. The summed E-state index contributed by atoms with van der Waals surface area (Å²) in [4.78, 5) is 9.71. The number of halogens is 2. The molecule has 0 spiro atoms. The van der Waals surface area contributed by atoms with Crippen LogP contribution in [0.5, 0.6) is 0 Å². The zero-order valence-corrected chi connectivity index (χ0v) is 8.83. The van der Waals surface area contributed by atoms with E-state index >= 15 is 0 Å². The van der Waals surface area contributed by atoms with Gasteiger partial charge >= 0.3 is 0 Å². The summed E-state index contributed by atoms with van der Waals surface area (Å²) in [6.07, 6.45) is 1.80. The van der Waals surface area contributed by atoms with Gasteiger partial charge < -0.3 is 10.0 Å². The highest BCUT2D eigenvalue weighted by atomic mass is 35.5. The van der Waals surface area contributed by atoms with Gasteiger partial charge in [-0.05, 0) is 6.42 Å². The van der Waals surface area contributed by atoms with E-state index in [1.54, 1.807) is 0 Å². The van der Waals surface area contributed by atoms with E-state index in [1.807, 2.05) is 4.90 Å². The monoisotopic (exact) mass is 233 g/mol. The molecule has 1 atom stereocenters. The zero-order chi connectivity index (χ0) is 10.1. The molecule has 0 aromatic carbocycles. The van der Waals surface area contributed by atoms with Gasteiger partial charge in [0.05, 0.1) is 6.10 Å². The van der Waals surface area contributed by atoms with Crippen molar-refractivity contribution in [3.8, 4) is 0 Å². The molecule has 0 radical (unpaired) electrons. The van der Waals surface area contributed by atoms with Gasteiger partial charge in [-0.1, -0.05) is 23.2 Å². The number of rotatable bonds is 1. The third-order valence-electron chi connectivity index (χ3n) is 2.19. The van der Waals surface area contributed by atoms with E-state index in [1.165, 1.54) is 6.33 Å². The molecule has 0 amide bonds. The molecule has 1 aliphatic heterocycles. The Morgan fingerprint density at radius 1 is 1.43 bits per heavy atom. The number of hydrogen-bond acceptors (Lipinski definition) is 4. The summed E-state index contributed by atoms with van der Waals surface area (Å²) in [5, 5.41) is 9.96. The molecular weight excluding hydrogens is 225 g/mol. The Balaban J connectivity index is 2.28. The van der Waals surface area contributed by atoms with Crippen LogP contribution >= 0.6 is 23.2 Å². The number of anilines is 1. The van der Waals surface area contributed by atoms with Crippen LogP contribution in [0.3, 0.4) is 0 Å². The highest BCUT2D eigenvalue weighted by molar-refractivity contribution is 6.42. The lowest BCUT2D eigenvalue weighted by Gasteiger charge is -2.17. The van der Waals surface area contributed by atoms with Crippen LogP contribution < -0.4 is 4.90 Å². The highest BCUT2D eigenvalue weighted by Crippen LogP contribution is 2.30. The van der Waals surface area contributed by atoms with Crippen LogP contribution in [0.25, 0.3) is 0 Å². The van der Waals surface area contributed by atoms with Crippen LogP contribution in [0.4, 0.5) is 5.82 Å². The topological polar surface area (TPSA) is 49.2 Å². The third kappa shape index (κ3) is 1.78. The Morgan fingerprint density at radius 3 is 2.86 bits per heavy atom. The standard InChI is InChI=1S/C8H9Cl2N3O/c9-6-7(10)11-4-12-8(6)13-2-1-5(14)3-13/h4-5,14H,1-3H2/t5-/m1/s1. The van der Waals surface area contributed by atoms with E-state index in [0.717, 1.165) is 13.0 Å². The molecule has 14 heavy (non-hydrogen) atoms. The first-order chi connectivity index (χ1) is 6.68. The number of hydrogen-bond donors (Lipinski definition) is 1. The van der Waals surface area contributed by atoms with Crippen molar-refractivity contribution < 1.29 is 5.11 Å². The smallest absolute Gasteiger partial charge is 0.153 e. The summed E-state index contributed by atoms with van der Waals surface area (Å²) >= 11 is 11.7. The lowest BCUT2D eigenvalue weighted by molar-refractivity contribution is 0.198. The molecule has 4 nitrogen and oxygen atoms in total. The van der Waals surface area contributed by atoms with Crippen LogP contribution in [0, 0.1) is 0 Å². The van der Waals surface area contributed by atoms with E-state index in [-0.39, 0.29) is 11.3 Å². The first kappa shape index (κ1) is 9.96. The van der Waals surface area contributed by atoms with Crippen molar-refractivity contribution in [1.29, 1.82) is 0 Å². The van der Waals surface area contributed by atoms with Gasteiger partial charge in [-0.3, -0.25) is 0 Å². The molecule has 0 bridgehead atoms. The highest BCUT2D eigenvalue weighted by Gasteiger charge is 2.24. The molecular formula is C8H9Cl2N3O. The van der Waals surface area contributed by atoms with Gasteiger partial charge in [0.2, 0.25) is 0 Å². The second-order valence-corrected chi connectivity index (χ2v) is 3.93. The third-order valence-corrected chi connectivity index (χ3v) is 2.92. The molecule has 1 aromatic rings. The second-order valence-electron chi connectivity index (χ2n) is 3.19. The van der Waals surface area contributed by atoms with Gasteiger partial charge in [-0.2, -0.15) is 0 Å². The molecule has 6 heteroatoms.